The standard InChI is InChI=1S/C11H16O/c12-11(10-6-7-10)8-9-4-2-1-3-5-9/h4,10H,1-3,5-8H2. The Bertz CT molecular complexity index is 211. The maximum Gasteiger partial charge on any atom is 0.139 e. The molecule has 0 atom stereocenters. The minimum Gasteiger partial charge on any atom is -0.299 e. The average molecular weight is 164 g/mol. The van der Waals surface area contributed by atoms with Gasteiger partial charge in [-0.25, -0.2) is 0 Å². The molecule has 0 aromatic carbocycles. The predicted octanol–water partition coefficient (Wildman–Crippen LogP) is 2.86. The van der Waals surface area contributed by atoms with Gasteiger partial charge in [0.25, 0.3) is 0 Å². The van der Waals surface area contributed by atoms with Crippen LogP contribution in [0.1, 0.15) is 44.9 Å². The van der Waals surface area contributed by atoms with E-state index in [2.05, 4.69) is 6.08 Å². The molecule has 0 amide bonds. The van der Waals surface area contributed by atoms with Gasteiger partial charge in [-0.3, -0.25) is 4.79 Å². The Morgan fingerprint density at radius 2 is 2.25 bits per heavy atom. The normalized spacial score (nSPS) is 23.5. The van der Waals surface area contributed by atoms with Gasteiger partial charge in [-0.15, -0.1) is 0 Å². The Balaban J connectivity index is 1.84. The number of ketones is 1. The molecule has 1 fully saturated rings. The van der Waals surface area contributed by atoms with Crippen molar-refractivity contribution in [1.82, 2.24) is 0 Å². The molecule has 0 aromatic heterocycles. The summed E-state index contributed by atoms with van der Waals surface area (Å²) in [6.45, 7) is 0. The topological polar surface area (TPSA) is 17.1 Å². The molecule has 1 saturated carbocycles. The first-order valence-electron chi connectivity index (χ1n) is 5.07. The molecule has 66 valence electrons. The maximum absolute atomic E-state index is 11.4. The molecule has 1 heteroatoms. The fourth-order valence-electron chi connectivity index (χ4n) is 1.84. The zero-order valence-corrected chi connectivity index (χ0v) is 7.51. The molecule has 0 aromatic rings. The zero-order valence-electron chi connectivity index (χ0n) is 7.51. The van der Waals surface area contributed by atoms with Crippen molar-refractivity contribution < 1.29 is 4.79 Å². The second kappa shape index (κ2) is 3.42. The van der Waals surface area contributed by atoms with E-state index in [9.17, 15) is 4.79 Å². The highest BCUT2D eigenvalue weighted by molar-refractivity contribution is 5.85. The van der Waals surface area contributed by atoms with Crippen LogP contribution in [0, 0.1) is 5.92 Å². The van der Waals surface area contributed by atoms with Crippen LogP contribution in [0.5, 0.6) is 0 Å². The SMILES string of the molecule is O=C(CC1=CCCCC1)C1CC1. The van der Waals surface area contributed by atoms with Gasteiger partial charge in [0.15, 0.2) is 0 Å². The van der Waals surface area contributed by atoms with Crippen molar-refractivity contribution in [2.75, 3.05) is 0 Å². The summed E-state index contributed by atoms with van der Waals surface area (Å²) < 4.78 is 0. The van der Waals surface area contributed by atoms with Gasteiger partial charge in [0.1, 0.15) is 5.78 Å². The summed E-state index contributed by atoms with van der Waals surface area (Å²) in [6.07, 6.45) is 10.4. The van der Waals surface area contributed by atoms with Gasteiger partial charge < -0.3 is 0 Å². The first kappa shape index (κ1) is 8.03. The number of carbonyl (C=O) groups excluding carboxylic acids is 1. The molecule has 0 saturated heterocycles. The lowest BCUT2D eigenvalue weighted by molar-refractivity contribution is -0.119. The molecule has 0 aliphatic heterocycles. The number of allylic oxidation sites excluding steroid dienone is 2. The summed E-state index contributed by atoms with van der Waals surface area (Å²) in [6, 6.07) is 0. The van der Waals surface area contributed by atoms with E-state index in [1.54, 1.807) is 0 Å². The molecule has 0 bridgehead atoms. The predicted molar refractivity (Wildman–Crippen MR) is 48.9 cm³/mol. The van der Waals surface area contributed by atoms with Gasteiger partial charge in [-0.1, -0.05) is 11.6 Å². The van der Waals surface area contributed by atoms with Crippen LogP contribution in [0.3, 0.4) is 0 Å². The van der Waals surface area contributed by atoms with E-state index in [1.807, 2.05) is 0 Å². The van der Waals surface area contributed by atoms with Gasteiger partial charge in [0.05, 0.1) is 0 Å². The molecule has 2 aliphatic rings. The van der Waals surface area contributed by atoms with Gasteiger partial charge in [-0.05, 0) is 38.5 Å². The Morgan fingerprint density at radius 1 is 1.42 bits per heavy atom. The molecule has 0 heterocycles. The number of hydrogen-bond donors (Lipinski definition) is 0. The summed E-state index contributed by atoms with van der Waals surface area (Å²) in [5.74, 6) is 0.955. The summed E-state index contributed by atoms with van der Waals surface area (Å²) in [5.41, 5.74) is 1.41. The Hall–Kier alpha value is -0.590. The minimum atomic E-state index is 0.452. The van der Waals surface area contributed by atoms with Crippen molar-refractivity contribution in [3.8, 4) is 0 Å². The first-order chi connectivity index (χ1) is 5.86. The van der Waals surface area contributed by atoms with Gasteiger partial charge in [0.2, 0.25) is 0 Å². The molecule has 1 nitrogen and oxygen atoms in total. The third-order valence-electron chi connectivity index (χ3n) is 2.82. The average Bonchev–Trinajstić information content (AvgIpc) is 2.88. The van der Waals surface area contributed by atoms with Gasteiger partial charge in [-0.2, -0.15) is 0 Å². The Kier molecular flexibility index (Phi) is 2.29. The third-order valence-corrected chi connectivity index (χ3v) is 2.82. The fourth-order valence-corrected chi connectivity index (χ4v) is 1.84. The van der Waals surface area contributed by atoms with E-state index in [0.29, 0.717) is 11.7 Å². The molecule has 2 rings (SSSR count). The smallest absolute Gasteiger partial charge is 0.139 e. The van der Waals surface area contributed by atoms with Gasteiger partial charge in [0, 0.05) is 12.3 Å². The van der Waals surface area contributed by atoms with Crippen LogP contribution in [0.2, 0.25) is 0 Å². The van der Waals surface area contributed by atoms with Crippen LogP contribution in [0.15, 0.2) is 11.6 Å². The molecule has 0 radical (unpaired) electrons. The minimum absolute atomic E-state index is 0.452. The molecular formula is C11H16O. The first-order valence-corrected chi connectivity index (χ1v) is 5.07. The second-order valence-electron chi connectivity index (χ2n) is 4.03. The number of rotatable bonds is 3. The summed E-state index contributed by atoms with van der Waals surface area (Å²) in [7, 11) is 0. The van der Waals surface area contributed by atoms with Crippen LogP contribution in [-0.2, 0) is 4.79 Å². The monoisotopic (exact) mass is 164 g/mol. The van der Waals surface area contributed by atoms with Crippen molar-refractivity contribution in [3.05, 3.63) is 11.6 Å². The summed E-state index contributed by atoms with van der Waals surface area (Å²) in [5, 5.41) is 0. The van der Waals surface area contributed by atoms with E-state index >= 15 is 0 Å². The molecule has 0 spiro atoms. The second-order valence-corrected chi connectivity index (χ2v) is 4.03. The van der Waals surface area contributed by atoms with Crippen molar-refractivity contribution in [1.29, 1.82) is 0 Å². The molecule has 12 heavy (non-hydrogen) atoms. The largest absolute Gasteiger partial charge is 0.299 e. The quantitative estimate of drug-likeness (QED) is 0.586. The van der Waals surface area contributed by atoms with Crippen molar-refractivity contribution in [3.63, 3.8) is 0 Å². The highest BCUT2D eigenvalue weighted by Crippen LogP contribution is 2.33. The highest BCUT2D eigenvalue weighted by Gasteiger charge is 2.29. The maximum atomic E-state index is 11.4. The van der Waals surface area contributed by atoms with Crippen LogP contribution in [-0.4, -0.2) is 5.78 Å². The van der Waals surface area contributed by atoms with E-state index in [-0.39, 0.29) is 0 Å². The van der Waals surface area contributed by atoms with E-state index < -0.39 is 0 Å². The van der Waals surface area contributed by atoms with E-state index in [0.717, 1.165) is 19.3 Å². The zero-order chi connectivity index (χ0) is 8.39. The van der Waals surface area contributed by atoms with Crippen molar-refractivity contribution in [2.45, 2.75) is 44.9 Å². The number of hydrogen-bond acceptors (Lipinski definition) is 1. The van der Waals surface area contributed by atoms with Crippen LogP contribution in [0.25, 0.3) is 0 Å². The number of Topliss-reactive ketones (excluding diaryl/α,β-unsaturated/α-hetero) is 1. The van der Waals surface area contributed by atoms with E-state index in [4.69, 9.17) is 0 Å². The fraction of sp³-hybridized carbons (Fsp3) is 0.727. The summed E-state index contributed by atoms with van der Waals surface area (Å²) in [4.78, 5) is 11.4. The lowest BCUT2D eigenvalue weighted by Crippen LogP contribution is -2.03. The van der Waals surface area contributed by atoms with Crippen molar-refractivity contribution >= 4 is 5.78 Å². The molecular weight excluding hydrogens is 148 g/mol. The van der Waals surface area contributed by atoms with Crippen LogP contribution < -0.4 is 0 Å². The third kappa shape index (κ3) is 1.96. The van der Waals surface area contributed by atoms with Crippen LogP contribution >= 0.6 is 0 Å². The summed E-state index contributed by atoms with van der Waals surface area (Å²) >= 11 is 0. The number of carbonyl (C=O) groups is 1. The molecule has 0 unspecified atom stereocenters. The van der Waals surface area contributed by atoms with Gasteiger partial charge >= 0.3 is 0 Å². The van der Waals surface area contributed by atoms with Crippen molar-refractivity contribution in [2.24, 2.45) is 5.92 Å². The highest BCUT2D eigenvalue weighted by atomic mass is 16.1. The Labute approximate surface area is 73.8 Å². The van der Waals surface area contributed by atoms with E-state index in [1.165, 1.54) is 31.3 Å². The lowest BCUT2D eigenvalue weighted by Gasteiger charge is -2.11. The molecule has 2 aliphatic carbocycles. The Morgan fingerprint density at radius 3 is 2.83 bits per heavy atom. The lowest BCUT2D eigenvalue weighted by atomic mass is 9.95. The van der Waals surface area contributed by atoms with Crippen LogP contribution in [0.4, 0.5) is 0 Å². The molecule has 0 N–H and O–H groups in total.